The Morgan fingerprint density at radius 2 is 1.96 bits per heavy atom. The maximum atomic E-state index is 12.3. The Morgan fingerprint density at radius 1 is 1.28 bits per heavy atom. The average molecular weight is 385 g/mol. The molecule has 140 valence electrons. The Hall–Kier alpha value is -0.770. The quantitative estimate of drug-likeness (QED) is 0.764. The fraction of sp³-hybridized carbons (Fsp3) is 0.650. The van der Waals surface area contributed by atoms with E-state index in [-0.39, 0.29) is 23.7 Å². The standard InChI is InChI=1S/C20H29ClN2O.ClH/c1-20(2,12-14-4-3-5-16(21)8-14)13-22-19(24)11-15-9-17-6-7-18(10-15)23-17;/h3-5,8,15,17-18,23H,6-7,9-13H2,1-2H3,(H,22,24);1H. The van der Waals surface area contributed by atoms with Gasteiger partial charge in [0, 0.05) is 30.1 Å². The Kier molecular flexibility index (Phi) is 7.19. The first-order valence-electron chi connectivity index (χ1n) is 9.17. The van der Waals surface area contributed by atoms with Gasteiger partial charge in [-0.15, -0.1) is 12.4 Å². The number of hydrogen-bond acceptors (Lipinski definition) is 2. The van der Waals surface area contributed by atoms with E-state index in [1.54, 1.807) is 0 Å². The third kappa shape index (κ3) is 6.16. The van der Waals surface area contributed by atoms with Crippen LogP contribution in [0.2, 0.25) is 5.02 Å². The van der Waals surface area contributed by atoms with Crippen LogP contribution >= 0.6 is 24.0 Å². The highest BCUT2D eigenvalue weighted by Gasteiger charge is 2.34. The van der Waals surface area contributed by atoms with Gasteiger partial charge in [-0.3, -0.25) is 4.79 Å². The van der Waals surface area contributed by atoms with Crippen LogP contribution in [0.1, 0.15) is 51.5 Å². The molecule has 1 aromatic carbocycles. The second-order valence-corrected chi connectivity index (χ2v) is 8.86. The monoisotopic (exact) mass is 384 g/mol. The van der Waals surface area contributed by atoms with Crippen molar-refractivity contribution < 1.29 is 4.79 Å². The number of hydrogen-bond donors (Lipinski definition) is 2. The van der Waals surface area contributed by atoms with E-state index in [2.05, 4.69) is 30.5 Å². The lowest BCUT2D eigenvalue weighted by molar-refractivity contribution is -0.122. The number of rotatable bonds is 6. The topological polar surface area (TPSA) is 41.1 Å². The number of piperidine rings is 1. The Labute approximate surface area is 162 Å². The van der Waals surface area contributed by atoms with Gasteiger partial charge in [-0.2, -0.15) is 0 Å². The largest absolute Gasteiger partial charge is 0.356 e. The molecule has 2 unspecified atom stereocenters. The first kappa shape index (κ1) is 20.5. The zero-order valence-corrected chi connectivity index (χ0v) is 16.8. The van der Waals surface area contributed by atoms with Crippen LogP contribution in [-0.2, 0) is 11.2 Å². The van der Waals surface area contributed by atoms with E-state index in [4.69, 9.17) is 11.6 Å². The summed E-state index contributed by atoms with van der Waals surface area (Å²) in [4.78, 5) is 12.3. The van der Waals surface area contributed by atoms with Crippen LogP contribution in [0.4, 0.5) is 0 Å². The summed E-state index contributed by atoms with van der Waals surface area (Å²) >= 11 is 6.06. The van der Waals surface area contributed by atoms with E-state index in [1.165, 1.54) is 18.4 Å². The van der Waals surface area contributed by atoms with Crippen molar-refractivity contribution in [2.45, 2.75) is 64.5 Å². The molecule has 3 rings (SSSR count). The fourth-order valence-corrected chi connectivity index (χ4v) is 4.49. The SMILES string of the molecule is CC(C)(CNC(=O)CC1CC2CCC(C1)N2)Cc1cccc(Cl)c1.Cl. The van der Waals surface area contributed by atoms with Crippen molar-refractivity contribution in [1.29, 1.82) is 0 Å². The number of nitrogens with one attached hydrogen (secondary N) is 2. The van der Waals surface area contributed by atoms with Gasteiger partial charge in [0.1, 0.15) is 0 Å². The average Bonchev–Trinajstić information content (AvgIpc) is 2.84. The lowest BCUT2D eigenvalue weighted by Crippen LogP contribution is -2.41. The first-order chi connectivity index (χ1) is 11.4. The number of amides is 1. The first-order valence-corrected chi connectivity index (χ1v) is 9.55. The lowest BCUT2D eigenvalue weighted by atomic mass is 9.85. The zero-order chi connectivity index (χ0) is 17.2. The number of benzene rings is 1. The van der Waals surface area contributed by atoms with Gasteiger partial charge in [-0.1, -0.05) is 37.6 Å². The number of fused-ring (bicyclic) bond motifs is 2. The molecule has 2 atom stereocenters. The minimum absolute atomic E-state index is 0. The van der Waals surface area contributed by atoms with Gasteiger partial charge < -0.3 is 10.6 Å². The number of carbonyl (C=O) groups excluding carboxylic acids is 1. The van der Waals surface area contributed by atoms with E-state index in [0.29, 0.717) is 31.0 Å². The summed E-state index contributed by atoms with van der Waals surface area (Å²) in [5.41, 5.74) is 1.24. The van der Waals surface area contributed by atoms with Crippen molar-refractivity contribution in [3.8, 4) is 0 Å². The smallest absolute Gasteiger partial charge is 0.220 e. The van der Waals surface area contributed by atoms with Crippen molar-refractivity contribution in [2.75, 3.05) is 6.54 Å². The minimum atomic E-state index is 0. The number of carbonyl (C=O) groups is 1. The van der Waals surface area contributed by atoms with Gasteiger partial charge in [-0.25, -0.2) is 0 Å². The predicted octanol–water partition coefficient (Wildman–Crippen LogP) is 4.37. The molecular weight excluding hydrogens is 355 g/mol. The molecular formula is C20H30Cl2N2O. The molecule has 1 amide bonds. The molecule has 2 N–H and O–H groups in total. The lowest BCUT2D eigenvalue weighted by Gasteiger charge is -2.29. The summed E-state index contributed by atoms with van der Waals surface area (Å²) < 4.78 is 0. The highest BCUT2D eigenvalue weighted by atomic mass is 35.5. The van der Waals surface area contributed by atoms with Crippen LogP contribution in [0.5, 0.6) is 0 Å². The molecule has 0 saturated carbocycles. The molecule has 2 aliphatic heterocycles. The van der Waals surface area contributed by atoms with Gasteiger partial charge in [-0.05, 0) is 61.1 Å². The second-order valence-electron chi connectivity index (χ2n) is 8.43. The van der Waals surface area contributed by atoms with Crippen LogP contribution in [0.3, 0.4) is 0 Å². The molecule has 2 heterocycles. The van der Waals surface area contributed by atoms with Crippen LogP contribution in [0.15, 0.2) is 24.3 Å². The molecule has 2 saturated heterocycles. The van der Waals surface area contributed by atoms with Crippen molar-refractivity contribution in [3.05, 3.63) is 34.9 Å². The summed E-state index contributed by atoms with van der Waals surface area (Å²) in [6, 6.07) is 9.29. The highest BCUT2D eigenvalue weighted by Crippen LogP contribution is 2.32. The van der Waals surface area contributed by atoms with E-state index in [0.717, 1.165) is 24.3 Å². The van der Waals surface area contributed by atoms with Gasteiger partial charge in [0.05, 0.1) is 0 Å². The fourth-order valence-electron chi connectivity index (χ4n) is 4.28. The van der Waals surface area contributed by atoms with Crippen molar-refractivity contribution in [2.24, 2.45) is 11.3 Å². The van der Waals surface area contributed by atoms with Gasteiger partial charge in [0.15, 0.2) is 0 Å². The molecule has 2 bridgehead atoms. The third-order valence-corrected chi connectivity index (χ3v) is 5.62. The zero-order valence-electron chi connectivity index (χ0n) is 15.2. The van der Waals surface area contributed by atoms with E-state index >= 15 is 0 Å². The van der Waals surface area contributed by atoms with E-state index in [9.17, 15) is 4.79 Å². The van der Waals surface area contributed by atoms with E-state index in [1.807, 2.05) is 18.2 Å². The molecule has 25 heavy (non-hydrogen) atoms. The van der Waals surface area contributed by atoms with Crippen molar-refractivity contribution >= 4 is 29.9 Å². The summed E-state index contributed by atoms with van der Waals surface area (Å²) in [6.45, 7) is 5.09. The van der Waals surface area contributed by atoms with Crippen LogP contribution in [0, 0.1) is 11.3 Å². The van der Waals surface area contributed by atoms with Crippen LogP contribution in [0.25, 0.3) is 0 Å². The minimum Gasteiger partial charge on any atom is -0.356 e. The van der Waals surface area contributed by atoms with Gasteiger partial charge >= 0.3 is 0 Å². The number of halogens is 2. The molecule has 1 aromatic rings. The summed E-state index contributed by atoms with van der Waals surface area (Å²) in [7, 11) is 0. The third-order valence-electron chi connectivity index (χ3n) is 5.38. The van der Waals surface area contributed by atoms with Crippen molar-refractivity contribution in [1.82, 2.24) is 10.6 Å². The summed E-state index contributed by atoms with van der Waals surface area (Å²) in [6.07, 6.45) is 6.49. The molecule has 0 spiro atoms. The van der Waals surface area contributed by atoms with E-state index < -0.39 is 0 Å². The molecule has 5 heteroatoms. The van der Waals surface area contributed by atoms with Gasteiger partial charge in [0.25, 0.3) is 0 Å². The molecule has 0 aliphatic carbocycles. The van der Waals surface area contributed by atoms with Crippen molar-refractivity contribution in [3.63, 3.8) is 0 Å². The molecule has 2 fully saturated rings. The molecule has 3 nitrogen and oxygen atoms in total. The predicted molar refractivity (Wildman–Crippen MR) is 106 cm³/mol. The van der Waals surface area contributed by atoms with Crippen LogP contribution < -0.4 is 10.6 Å². The Balaban J connectivity index is 0.00000225. The molecule has 0 aromatic heterocycles. The normalized spacial score (nSPS) is 25.3. The molecule has 2 aliphatic rings. The summed E-state index contributed by atoms with van der Waals surface area (Å²) in [5, 5.41) is 7.57. The highest BCUT2D eigenvalue weighted by molar-refractivity contribution is 6.30. The Morgan fingerprint density at radius 3 is 2.60 bits per heavy atom. The van der Waals surface area contributed by atoms with Crippen LogP contribution in [-0.4, -0.2) is 24.5 Å². The Bertz CT molecular complexity index is 579. The maximum absolute atomic E-state index is 12.3. The maximum Gasteiger partial charge on any atom is 0.220 e. The van der Waals surface area contributed by atoms with Gasteiger partial charge in [0.2, 0.25) is 5.91 Å². The molecule has 0 radical (unpaired) electrons. The second kappa shape index (κ2) is 8.75. The summed E-state index contributed by atoms with van der Waals surface area (Å²) in [5.74, 6) is 0.764.